The Morgan fingerprint density at radius 3 is 2.73 bits per heavy atom. The smallest absolute Gasteiger partial charge is 0.282 e. The largest absolute Gasteiger partial charge is 0.457 e. The molecule has 2 rings (SSSR count). The van der Waals surface area contributed by atoms with Gasteiger partial charge in [0.15, 0.2) is 0 Å². The van der Waals surface area contributed by atoms with Gasteiger partial charge < -0.3 is 10.5 Å². The fraction of sp³-hybridized carbons (Fsp3) is 0.857. The van der Waals surface area contributed by atoms with Crippen LogP contribution in [0.2, 0.25) is 0 Å². The lowest BCUT2D eigenvalue weighted by molar-refractivity contribution is 0.0767. The standard InChI is InChI=1S/C7H12N2OS/c8-6-9-5-7(10-6)1-3-11-4-2-7/h1-5H2,(H2,8,9). The maximum atomic E-state index is 5.50. The molecule has 1 spiro atoms. The lowest BCUT2D eigenvalue weighted by Crippen LogP contribution is -2.38. The molecule has 4 heteroatoms. The highest BCUT2D eigenvalue weighted by atomic mass is 32.2. The first kappa shape index (κ1) is 7.28. The van der Waals surface area contributed by atoms with Gasteiger partial charge in [0, 0.05) is 0 Å². The Labute approximate surface area is 70.4 Å². The number of aliphatic imine (C=N–C) groups is 1. The van der Waals surface area contributed by atoms with Crippen LogP contribution in [0, 0.1) is 0 Å². The van der Waals surface area contributed by atoms with Gasteiger partial charge in [0.2, 0.25) is 0 Å². The number of ether oxygens (including phenoxy) is 1. The van der Waals surface area contributed by atoms with Crippen molar-refractivity contribution < 1.29 is 4.74 Å². The van der Waals surface area contributed by atoms with Gasteiger partial charge in [-0.05, 0) is 24.3 Å². The Balaban J connectivity index is 2.01. The van der Waals surface area contributed by atoms with E-state index in [4.69, 9.17) is 10.5 Å². The molecule has 0 unspecified atom stereocenters. The van der Waals surface area contributed by atoms with Crippen molar-refractivity contribution in [1.29, 1.82) is 0 Å². The minimum atomic E-state index is -0.00463. The quantitative estimate of drug-likeness (QED) is 0.582. The van der Waals surface area contributed by atoms with Crippen molar-refractivity contribution in [3.8, 4) is 0 Å². The van der Waals surface area contributed by atoms with Crippen LogP contribution >= 0.6 is 11.8 Å². The minimum absolute atomic E-state index is 0.00463. The van der Waals surface area contributed by atoms with Crippen LogP contribution in [-0.2, 0) is 4.74 Å². The molecule has 11 heavy (non-hydrogen) atoms. The Kier molecular flexibility index (Phi) is 1.71. The number of hydrogen-bond donors (Lipinski definition) is 1. The van der Waals surface area contributed by atoms with Crippen LogP contribution in [0.15, 0.2) is 4.99 Å². The van der Waals surface area contributed by atoms with E-state index in [1.54, 1.807) is 0 Å². The number of nitrogens with zero attached hydrogens (tertiary/aromatic N) is 1. The van der Waals surface area contributed by atoms with Crippen molar-refractivity contribution in [3.63, 3.8) is 0 Å². The van der Waals surface area contributed by atoms with E-state index in [2.05, 4.69) is 4.99 Å². The highest BCUT2D eigenvalue weighted by Crippen LogP contribution is 2.33. The zero-order valence-electron chi connectivity index (χ0n) is 6.38. The maximum Gasteiger partial charge on any atom is 0.282 e. The van der Waals surface area contributed by atoms with E-state index in [0.717, 1.165) is 19.4 Å². The summed E-state index contributed by atoms with van der Waals surface area (Å²) in [6, 6.07) is 0.386. The highest BCUT2D eigenvalue weighted by Gasteiger charge is 2.38. The molecule has 2 aliphatic rings. The molecule has 2 aliphatic heterocycles. The fourth-order valence-corrected chi connectivity index (χ4v) is 2.75. The molecule has 1 saturated heterocycles. The fourth-order valence-electron chi connectivity index (χ4n) is 1.51. The van der Waals surface area contributed by atoms with Crippen LogP contribution in [0.3, 0.4) is 0 Å². The summed E-state index contributed by atoms with van der Waals surface area (Å²) in [4.78, 5) is 4.08. The normalized spacial score (nSPS) is 28.2. The molecule has 0 aliphatic carbocycles. The number of thioether (sulfide) groups is 1. The van der Waals surface area contributed by atoms with Crippen LogP contribution < -0.4 is 5.73 Å². The third kappa shape index (κ3) is 1.31. The van der Waals surface area contributed by atoms with Gasteiger partial charge in [0.1, 0.15) is 5.60 Å². The molecule has 1 fully saturated rings. The molecular formula is C7H12N2OS. The van der Waals surface area contributed by atoms with Crippen molar-refractivity contribution in [2.45, 2.75) is 18.4 Å². The number of amidine groups is 1. The molecule has 0 saturated carbocycles. The van der Waals surface area contributed by atoms with Crippen molar-refractivity contribution in [1.82, 2.24) is 0 Å². The van der Waals surface area contributed by atoms with Crippen LogP contribution in [0.4, 0.5) is 0 Å². The minimum Gasteiger partial charge on any atom is -0.457 e. The second kappa shape index (κ2) is 2.59. The van der Waals surface area contributed by atoms with Gasteiger partial charge >= 0.3 is 0 Å². The van der Waals surface area contributed by atoms with Gasteiger partial charge in [-0.15, -0.1) is 0 Å². The molecule has 62 valence electrons. The second-order valence-corrected chi connectivity index (χ2v) is 4.28. The Morgan fingerprint density at radius 1 is 1.45 bits per heavy atom. The van der Waals surface area contributed by atoms with E-state index in [0.29, 0.717) is 6.02 Å². The molecule has 0 atom stereocenters. The molecule has 0 aromatic carbocycles. The molecule has 2 N–H and O–H groups in total. The van der Waals surface area contributed by atoms with Crippen molar-refractivity contribution in [3.05, 3.63) is 0 Å². The average Bonchev–Trinajstić information content (AvgIpc) is 2.34. The number of hydrogen-bond acceptors (Lipinski definition) is 4. The van der Waals surface area contributed by atoms with E-state index >= 15 is 0 Å². The van der Waals surface area contributed by atoms with Crippen LogP contribution in [0.25, 0.3) is 0 Å². The summed E-state index contributed by atoms with van der Waals surface area (Å²) in [6.07, 6.45) is 2.20. The van der Waals surface area contributed by atoms with Gasteiger partial charge in [-0.3, -0.25) is 0 Å². The average molecular weight is 172 g/mol. The van der Waals surface area contributed by atoms with Crippen LogP contribution in [-0.4, -0.2) is 29.7 Å². The number of rotatable bonds is 0. The monoisotopic (exact) mass is 172 g/mol. The molecule has 0 amide bonds. The number of nitrogens with two attached hydrogens (primary N) is 1. The predicted octanol–water partition coefficient (Wildman–Crippen LogP) is 0.597. The van der Waals surface area contributed by atoms with Crippen molar-refractivity contribution in [2.75, 3.05) is 18.1 Å². The lowest BCUT2D eigenvalue weighted by atomic mass is 9.97. The van der Waals surface area contributed by atoms with E-state index in [-0.39, 0.29) is 5.60 Å². The Morgan fingerprint density at radius 2 is 2.18 bits per heavy atom. The predicted molar refractivity (Wildman–Crippen MR) is 46.9 cm³/mol. The Hall–Kier alpha value is -0.380. The van der Waals surface area contributed by atoms with Gasteiger partial charge in [-0.1, -0.05) is 0 Å². The van der Waals surface area contributed by atoms with Gasteiger partial charge in [-0.25, -0.2) is 4.99 Å². The molecule has 0 bridgehead atoms. The second-order valence-electron chi connectivity index (χ2n) is 3.05. The molecular weight excluding hydrogens is 160 g/mol. The topological polar surface area (TPSA) is 47.6 Å². The zero-order chi connectivity index (χ0) is 7.73. The van der Waals surface area contributed by atoms with Crippen molar-refractivity contribution >= 4 is 17.8 Å². The lowest BCUT2D eigenvalue weighted by Gasteiger charge is -2.31. The summed E-state index contributed by atoms with van der Waals surface area (Å²) in [6.45, 7) is 0.777. The van der Waals surface area contributed by atoms with Crippen LogP contribution in [0.1, 0.15) is 12.8 Å². The summed E-state index contributed by atoms with van der Waals surface area (Å²) in [5, 5.41) is 0. The molecule has 0 aromatic rings. The first-order valence-corrected chi connectivity index (χ1v) is 5.03. The third-order valence-electron chi connectivity index (χ3n) is 2.25. The van der Waals surface area contributed by atoms with Crippen molar-refractivity contribution in [2.24, 2.45) is 10.7 Å². The zero-order valence-corrected chi connectivity index (χ0v) is 7.19. The summed E-state index contributed by atoms with van der Waals surface area (Å²) in [5.74, 6) is 2.37. The SMILES string of the molecule is NC1=NCC2(CCSCC2)O1. The summed E-state index contributed by atoms with van der Waals surface area (Å²) in [5.41, 5.74) is 5.46. The molecule has 2 heterocycles. The molecule has 0 aromatic heterocycles. The summed E-state index contributed by atoms with van der Waals surface area (Å²) in [7, 11) is 0. The summed E-state index contributed by atoms with van der Waals surface area (Å²) >= 11 is 1.99. The van der Waals surface area contributed by atoms with Gasteiger partial charge in [-0.2, -0.15) is 11.8 Å². The van der Waals surface area contributed by atoms with Crippen LogP contribution in [0.5, 0.6) is 0 Å². The van der Waals surface area contributed by atoms with E-state index in [9.17, 15) is 0 Å². The molecule has 0 radical (unpaired) electrons. The third-order valence-corrected chi connectivity index (χ3v) is 3.23. The first-order chi connectivity index (χ1) is 5.31. The van der Waals surface area contributed by atoms with E-state index in [1.807, 2.05) is 11.8 Å². The van der Waals surface area contributed by atoms with Gasteiger partial charge in [0.25, 0.3) is 6.02 Å². The van der Waals surface area contributed by atoms with Gasteiger partial charge in [0.05, 0.1) is 6.54 Å². The molecule has 3 nitrogen and oxygen atoms in total. The highest BCUT2D eigenvalue weighted by molar-refractivity contribution is 7.99. The first-order valence-electron chi connectivity index (χ1n) is 3.87. The van der Waals surface area contributed by atoms with E-state index < -0.39 is 0 Å². The van der Waals surface area contributed by atoms with E-state index in [1.165, 1.54) is 11.5 Å². The maximum absolute atomic E-state index is 5.50. The Bertz CT molecular complexity index is 187. The summed E-state index contributed by atoms with van der Waals surface area (Å²) < 4.78 is 5.50.